The number of fused-ring (bicyclic) bond motifs is 2. The number of ether oxygens (including phenoxy) is 1. The molecule has 2 aliphatic rings. The third-order valence-electron chi connectivity index (χ3n) is 2.77. The van der Waals surface area contributed by atoms with Crippen LogP contribution in [0.1, 0.15) is 0 Å². The normalized spacial score (nSPS) is 37.4. The summed E-state index contributed by atoms with van der Waals surface area (Å²) in [4.78, 5) is 11.0. The molecule has 0 radical (unpaired) electrons. The van der Waals surface area contributed by atoms with Crippen LogP contribution in [0.4, 0.5) is 0 Å². The Balaban J connectivity index is 2.64. The third-order valence-corrected chi connectivity index (χ3v) is 2.77. The van der Waals surface area contributed by atoms with Crippen molar-refractivity contribution in [1.82, 2.24) is 0 Å². The van der Waals surface area contributed by atoms with Crippen molar-refractivity contribution in [2.75, 3.05) is 0 Å². The Morgan fingerprint density at radius 1 is 1.15 bits per heavy atom. The molecule has 2 bridgehead atoms. The van der Waals surface area contributed by atoms with Crippen molar-refractivity contribution in [2.24, 2.45) is 0 Å². The van der Waals surface area contributed by atoms with Crippen molar-refractivity contribution >= 4 is 6.29 Å². The lowest BCUT2D eigenvalue weighted by molar-refractivity contribution is -0.119. The zero-order chi connectivity index (χ0) is 9.80. The third kappa shape index (κ3) is 0.653. The van der Waals surface area contributed by atoms with Crippen LogP contribution in [0.3, 0.4) is 0 Å². The van der Waals surface area contributed by atoms with Gasteiger partial charge < -0.3 is 4.74 Å². The van der Waals surface area contributed by atoms with Gasteiger partial charge in [-0.25, -0.2) is 0 Å². The van der Waals surface area contributed by atoms with E-state index in [4.69, 9.17) is 4.74 Å². The van der Waals surface area contributed by atoms with E-state index in [2.05, 4.69) is 26.3 Å². The standard InChI is InChI=1S/C11H10O2/c1-6-8(3)11(5-12)9(4)7(2)10(6)13-11/h5,10H,1-4H2. The van der Waals surface area contributed by atoms with Crippen molar-refractivity contribution in [3.8, 4) is 0 Å². The van der Waals surface area contributed by atoms with E-state index < -0.39 is 5.60 Å². The minimum Gasteiger partial charge on any atom is -0.345 e. The van der Waals surface area contributed by atoms with Crippen LogP contribution in [0.15, 0.2) is 48.6 Å². The lowest BCUT2D eigenvalue weighted by Gasteiger charge is -2.23. The second-order valence-corrected chi connectivity index (χ2v) is 3.36. The van der Waals surface area contributed by atoms with E-state index in [1.807, 2.05) is 0 Å². The van der Waals surface area contributed by atoms with Gasteiger partial charge in [-0.2, -0.15) is 0 Å². The fourth-order valence-corrected chi connectivity index (χ4v) is 1.83. The minimum atomic E-state index is -1.06. The van der Waals surface area contributed by atoms with E-state index in [1.54, 1.807) is 0 Å². The summed E-state index contributed by atoms with van der Waals surface area (Å²) >= 11 is 0. The molecule has 0 aromatic rings. The zero-order valence-electron chi connectivity index (χ0n) is 7.30. The first-order valence-corrected chi connectivity index (χ1v) is 3.96. The fraction of sp³-hybridized carbons (Fsp3) is 0.182. The van der Waals surface area contributed by atoms with Crippen LogP contribution in [0, 0.1) is 0 Å². The first-order chi connectivity index (χ1) is 6.04. The first kappa shape index (κ1) is 8.20. The average Bonchev–Trinajstić information content (AvgIpc) is 2.53. The van der Waals surface area contributed by atoms with E-state index in [-0.39, 0.29) is 6.10 Å². The predicted molar refractivity (Wildman–Crippen MR) is 50.2 cm³/mol. The van der Waals surface area contributed by atoms with Crippen LogP contribution in [-0.4, -0.2) is 18.0 Å². The van der Waals surface area contributed by atoms with Crippen LogP contribution in [-0.2, 0) is 9.53 Å². The van der Waals surface area contributed by atoms with Crippen LogP contribution in [0.5, 0.6) is 0 Å². The Kier molecular flexibility index (Phi) is 1.32. The van der Waals surface area contributed by atoms with Gasteiger partial charge >= 0.3 is 0 Å². The Hall–Kier alpha value is -1.41. The Bertz CT molecular complexity index is 346. The number of carbonyl (C=O) groups excluding carboxylic acids is 1. The van der Waals surface area contributed by atoms with E-state index in [1.165, 1.54) is 0 Å². The van der Waals surface area contributed by atoms with Crippen molar-refractivity contribution in [3.05, 3.63) is 48.6 Å². The highest BCUT2D eigenvalue weighted by atomic mass is 16.5. The number of carbonyl (C=O) groups is 1. The van der Waals surface area contributed by atoms with Gasteiger partial charge in [-0.05, 0) is 22.3 Å². The monoisotopic (exact) mass is 174 g/mol. The second kappa shape index (κ2) is 2.09. The second-order valence-electron chi connectivity index (χ2n) is 3.36. The quantitative estimate of drug-likeness (QED) is 0.564. The largest absolute Gasteiger partial charge is 0.345 e. The number of hydrogen-bond acceptors (Lipinski definition) is 2. The molecule has 0 unspecified atom stereocenters. The number of aldehydes is 1. The molecular formula is C11H10O2. The maximum absolute atomic E-state index is 11.0. The molecule has 66 valence electrons. The van der Waals surface area contributed by atoms with Gasteiger partial charge in [0.25, 0.3) is 0 Å². The van der Waals surface area contributed by atoms with Crippen molar-refractivity contribution in [3.63, 3.8) is 0 Å². The highest BCUT2D eigenvalue weighted by Crippen LogP contribution is 2.52. The van der Waals surface area contributed by atoms with Crippen LogP contribution in [0.25, 0.3) is 0 Å². The molecule has 2 fully saturated rings. The maximum atomic E-state index is 11.0. The lowest BCUT2D eigenvalue weighted by Crippen LogP contribution is -2.31. The average molecular weight is 174 g/mol. The summed E-state index contributed by atoms with van der Waals surface area (Å²) in [6.45, 7) is 15.2. The van der Waals surface area contributed by atoms with E-state index in [9.17, 15) is 4.79 Å². The van der Waals surface area contributed by atoms with Crippen LogP contribution < -0.4 is 0 Å². The predicted octanol–water partition coefficient (Wildman–Crippen LogP) is 1.56. The highest BCUT2D eigenvalue weighted by molar-refractivity contribution is 5.85. The minimum absolute atomic E-state index is 0.287. The number of rotatable bonds is 1. The van der Waals surface area contributed by atoms with Gasteiger partial charge in [-0.3, -0.25) is 4.79 Å². The molecule has 2 rings (SSSR count). The molecule has 0 saturated carbocycles. The molecule has 13 heavy (non-hydrogen) atoms. The Morgan fingerprint density at radius 2 is 1.62 bits per heavy atom. The fourth-order valence-electron chi connectivity index (χ4n) is 1.83. The van der Waals surface area contributed by atoms with Gasteiger partial charge in [0.1, 0.15) is 6.10 Å². The lowest BCUT2D eigenvalue weighted by atomic mass is 9.77. The maximum Gasteiger partial charge on any atom is 0.174 e. The summed E-state index contributed by atoms with van der Waals surface area (Å²) in [5.41, 5.74) is 1.66. The molecule has 2 nitrogen and oxygen atoms in total. The molecule has 2 heteroatoms. The summed E-state index contributed by atoms with van der Waals surface area (Å²) in [6.07, 6.45) is 0.436. The van der Waals surface area contributed by atoms with Gasteiger partial charge in [0.2, 0.25) is 0 Å². The SMILES string of the molecule is C=C1C(=C)C2(C=O)OC1C(=C)C2=C. The van der Waals surface area contributed by atoms with Crippen molar-refractivity contribution in [2.45, 2.75) is 11.7 Å². The summed E-state index contributed by atoms with van der Waals surface area (Å²) in [7, 11) is 0. The summed E-state index contributed by atoms with van der Waals surface area (Å²) in [5, 5.41) is 0. The van der Waals surface area contributed by atoms with Gasteiger partial charge in [-0.1, -0.05) is 26.3 Å². The zero-order valence-corrected chi connectivity index (χ0v) is 7.30. The molecular weight excluding hydrogens is 164 g/mol. The molecule has 2 saturated heterocycles. The summed E-state index contributed by atoms with van der Waals surface area (Å²) in [6, 6.07) is 0. The van der Waals surface area contributed by atoms with E-state index >= 15 is 0 Å². The number of hydrogen-bond donors (Lipinski definition) is 0. The van der Waals surface area contributed by atoms with E-state index in [0.29, 0.717) is 11.1 Å². The van der Waals surface area contributed by atoms with Gasteiger partial charge in [0.05, 0.1) is 0 Å². The van der Waals surface area contributed by atoms with Crippen molar-refractivity contribution < 1.29 is 9.53 Å². The molecule has 0 aliphatic carbocycles. The summed E-state index contributed by atoms with van der Waals surface area (Å²) in [5.74, 6) is 0. The molecule has 0 amide bonds. The molecule has 0 aromatic heterocycles. The highest BCUT2D eigenvalue weighted by Gasteiger charge is 2.56. The molecule has 0 aromatic carbocycles. The Morgan fingerprint density at radius 3 is 1.92 bits per heavy atom. The van der Waals surface area contributed by atoms with Gasteiger partial charge in [0.15, 0.2) is 11.9 Å². The van der Waals surface area contributed by atoms with Crippen LogP contribution in [0.2, 0.25) is 0 Å². The molecule has 0 N–H and O–H groups in total. The first-order valence-electron chi connectivity index (χ1n) is 3.96. The van der Waals surface area contributed by atoms with Crippen LogP contribution >= 0.6 is 0 Å². The smallest absolute Gasteiger partial charge is 0.174 e. The van der Waals surface area contributed by atoms with Gasteiger partial charge in [0, 0.05) is 0 Å². The molecule has 0 atom stereocenters. The topological polar surface area (TPSA) is 26.3 Å². The molecule has 0 spiro atoms. The molecule has 2 aliphatic heterocycles. The summed E-state index contributed by atoms with van der Waals surface area (Å²) < 4.78 is 5.49. The molecule has 2 heterocycles. The van der Waals surface area contributed by atoms with E-state index in [0.717, 1.165) is 17.4 Å². The van der Waals surface area contributed by atoms with Gasteiger partial charge in [-0.15, -0.1) is 0 Å². The van der Waals surface area contributed by atoms with Crippen molar-refractivity contribution in [1.29, 1.82) is 0 Å². The Labute approximate surface area is 76.9 Å².